The SMILES string of the molecule is CCC(C(=O)NO)C(CC(C)C)C(=O)NCC(=O)NCCS(=O)(=O)O. The van der Waals surface area contributed by atoms with E-state index in [-0.39, 0.29) is 12.5 Å². The standard InChI is InChI=1S/C14H27N3O7S/c1-4-10(14(20)17-21)11(7-9(2)3)13(19)16-8-12(18)15-5-6-25(22,23)24/h9-11,21H,4-8H2,1-3H3,(H,15,18)(H,16,19)(H,17,20)(H,22,23,24). The number of rotatable bonds is 11. The van der Waals surface area contributed by atoms with Gasteiger partial charge < -0.3 is 10.6 Å². The number of amides is 3. The molecule has 5 N–H and O–H groups in total. The predicted molar refractivity (Wildman–Crippen MR) is 89.1 cm³/mol. The fourth-order valence-corrected chi connectivity index (χ4v) is 2.74. The minimum atomic E-state index is -4.18. The Hall–Kier alpha value is -1.72. The topological polar surface area (TPSA) is 162 Å². The second kappa shape index (κ2) is 11.0. The molecule has 0 radical (unpaired) electrons. The van der Waals surface area contributed by atoms with Crippen molar-refractivity contribution in [3.05, 3.63) is 0 Å². The molecule has 0 aliphatic rings. The number of hydrogen-bond donors (Lipinski definition) is 5. The van der Waals surface area contributed by atoms with Crippen LogP contribution in [0.5, 0.6) is 0 Å². The van der Waals surface area contributed by atoms with Crippen molar-refractivity contribution in [1.29, 1.82) is 0 Å². The molecule has 10 nitrogen and oxygen atoms in total. The van der Waals surface area contributed by atoms with E-state index in [2.05, 4.69) is 10.6 Å². The van der Waals surface area contributed by atoms with Gasteiger partial charge in [0.15, 0.2) is 0 Å². The second-order valence-electron chi connectivity index (χ2n) is 6.08. The first-order chi connectivity index (χ1) is 11.5. The van der Waals surface area contributed by atoms with Crippen LogP contribution in [-0.2, 0) is 24.5 Å². The Balaban J connectivity index is 4.71. The molecule has 0 aromatic carbocycles. The van der Waals surface area contributed by atoms with Gasteiger partial charge in [0.1, 0.15) is 0 Å². The summed E-state index contributed by atoms with van der Waals surface area (Å²) < 4.78 is 29.7. The van der Waals surface area contributed by atoms with Crippen LogP contribution in [0, 0.1) is 17.8 Å². The first-order valence-corrected chi connectivity index (χ1v) is 9.56. The molecular formula is C14H27N3O7S. The van der Waals surface area contributed by atoms with Crippen LogP contribution in [0.3, 0.4) is 0 Å². The minimum Gasteiger partial charge on any atom is -0.353 e. The molecule has 0 aliphatic carbocycles. The summed E-state index contributed by atoms with van der Waals surface area (Å²) in [6.45, 7) is 4.80. The van der Waals surface area contributed by atoms with Crippen molar-refractivity contribution in [1.82, 2.24) is 16.1 Å². The van der Waals surface area contributed by atoms with Gasteiger partial charge in [-0.25, -0.2) is 5.48 Å². The lowest BCUT2D eigenvalue weighted by Gasteiger charge is -2.25. The summed E-state index contributed by atoms with van der Waals surface area (Å²) >= 11 is 0. The Morgan fingerprint density at radius 2 is 1.64 bits per heavy atom. The molecule has 0 heterocycles. The van der Waals surface area contributed by atoms with E-state index in [4.69, 9.17) is 9.76 Å². The van der Waals surface area contributed by atoms with E-state index in [0.717, 1.165) is 0 Å². The van der Waals surface area contributed by atoms with Crippen molar-refractivity contribution in [2.24, 2.45) is 17.8 Å². The lowest BCUT2D eigenvalue weighted by molar-refractivity contribution is -0.141. The van der Waals surface area contributed by atoms with Crippen molar-refractivity contribution in [2.75, 3.05) is 18.8 Å². The van der Waals surface area contributed by atoms with Gasteiger partial charge in [0, 0.05) is 12.5 Å². The van der Waals surface area contributed by atoms with Crippen LogP contribution >= 0.6 is 0 Å². The summed E-state index contributed by atoms with van der Waals surface area (Å²) in [5.41, 5.74) is 1.55. The third kappa shape index (κ3) is 9.99. The maximum atomic E-state index is 12.3. The monoisotopic (exact) mass is 381 g/mol. The van der Waals surface area contributed by atoms with Crippen LogP contribution in [0.2, 0.25) is 0 Å². The third-order valence-corrected chi connectivity index (χ3v) is 4.26. The van der Waals surface area contributed by atoms with Crippen molar-refractivity contribution in [3.63, 3.8) is 0 Å². The normalized spacial score (nSPS) is 13.8. The van der Waals surface area contributed by atoms with Crippen LogP contribution in [0.1, 0.15) is 33.6 Å². The first-order valence-electron chi connectivity index (χ1n) is 7.95. The van der Waals surface area contributed by atoms with Crippen molar-refractivity contribution < 1.29 is 32.6 Å². The third-order valence-electron chi connectivity index (χ3n) is 3.54. The van der Waals surface area contributed by atoms with Gasteiger partial charge in [-0.3, -0.25) is 24.1 Å². The maximum absolute atomic E-state index is 12.3. The highest BCUT2D eigenvalue weighted by molar-refractivity contribution is 7.85. The zero-order chi connectivity index (χ0) is 19.6. The van der Waals surface area contributed by atoms with E-state index in [9.17, 15) is 22.8 Å². The fourth-order valence-electron chi connectivity index (χ4n) is 2.38. The van der Waals surface area contributed by atoms with E-state index in [1.807, 2.05) is 13.8 Å². The van der Waals surface area contributed by atoms with Crippen LogP contribution in [-0.4, -0.2) is 54.7 Å². The number of nitrogens with one attached hydrogen (secondary N) is 3. The highest BCUT2D eigenvalue weighted by Crippen LogP contribution is 2.24. The molecule has 11 heteroatoms. The molecule has 146 valence electrons. The van der Waals surface area contributed by atoms with Crippen molar-refractivity contribution >= 4 is 27.8 Å². The van der Waals surface area contributed by atoms with Crippen LogP contribution in [0.15, 0.2) is 0 Å². The number of carbonyl (C=O) groups excluding carboxylic acids is 3. The highest BCUT2D eigenvalue weighted by atomic mass is 32.2. The van der Waals surface area contributed by atoms with E-state index in [0.29, 0.717) is 12.8 Å². The molecule has 0 saturated carbocycles. The highest BCUT2D eigenvalue weighted by Gasteiger charge is 2.32. The van der Waals surface area contributed by atoms with Gasteiger partial charge in [-0.2, -0.15) is 8.42 Å². The van der Waals surface area contributed by atoms with Gasteiger partial charge in [0.2, 0.25) is 17.7 Å². The Kier molecular flexibility index (Phi) is 10.2. The Bertz CT molecular complexity index is 563. The fraction of sp³-hybridized carbons (Fsp3) is 0.786. The largest absolute Gasteiger partial charge is 0.353 e. The lowest BCUT2D eigenvalue weighted by Crippen LogP contribution is -2.45. The van der Waals surface area contributed by atoms with Gasteiger partial charge in [-0.15, -0.1) is 0 Å². The Morgan fingerprint density at radius 1 is 1.04 bits per heavy atom. The van der Waals surface area contributed by atoms with E-state index in [1.54, 1.807) is 12.4 Å². The lowest BCUT2D eigenvalue weighted by atomic mass is 9.82. The summed E-state index contributed by atoms with van der Waals surface area (Å²) in [4.78, 5) is 35.7. The first kappa shape index (κ1) is 23.3. The molecule has 2 atom stereocenters. The molecule has 0 aliphatic heterocycles. The molecule has 25 heavy (non-hydrogen) atoms. The van der Waals surface area contributed by atoms with Gasteiger partial charge in [-0.1, -0.05) is 20.8 Å². The van der Waals surface area contributed by atoms with Gasteiger partial charge >= 0.3 is 0 Å². The van der Waals surface area contributed by atoms with Crippen molar-refractivity contribution in [2.45, 2.75) is 33.6 Å². The molecule has 0 spiro atoms. The van der Waals surface area contributed by atoms with E-state index < -0.39 is 52.0 Å². The second-order valence-corrected chi connectivity index (χ2v) is 7.65. The molecule has 0 saturated heterocycles. The zero-order valence-electron chi connectivity index (χ0n) is 14.6. The zero-order valence-corrected chi connectivity index (χ0v) is 15.4. The smallest absolute Gasteiger partial charge is 0.266 e. The molecule has 0 fully saturated rings. The summed E-state index contributed by atoms with van der Waals surface area (Å²) in [6, 6.07) is 0. The number of hydroxylamine groups is 1. The van der Waals surface area contributed by atoms with Gasteiger partial charge in [0.05, 0.1) is 18.2 Å². The molecule has 3 amide bonds. The average molecular weight is 381 g/mol. The molecular weight excluding hydrogens is 354 g/mol. The molecule has 0 aromatic rings. The molecule has 0 aromatic heterocycles. The average Bonchev–Trinajstić information content (AvgIpc) is 2.50. The van der Waals surface area contributed by atoms with Gasteiger partial charge in [-0.05, 0) is 18.8 Å². The van der Waals surface area contributed by atoms with Crippen LogP contribution in [0.4, 0.5) is 0 Å². The summed E-state index contributed by atoms with van der Waals surface area (Å²) in [5, 5.41) is 13.5. The summed E-state index contributed by atoms with van der Waals surface area (Å²) in [5.74, 6) is -3.77. The maximum Gasteiger partial charge on any atom is 0.266 e. The summed E-state index contributed by atoms with van der Waals surface area (Å²) in [7, 11) is -4.18. The molecule has 0 rings (SSSR count). The number of carbonyl (C=O) groups is 3. The van der Waals surface area contributed by atoms with Crippen molar-refractivity contribution in [3.8, 4) is 0 Å². The van der Waals surface area contributed by atoms with E-state index in [1.165, 1.54) is 0 Å². The quantitative estimate of drug-likeness (QED) is 0.179. The Morgan fingerprint density at radius 3 is 2.08 bits per heavy atom. The minimum absolute atomic E-state index is 0.111. The van der Waals surface area contributed by atoms with Crippen LogP contribution in [0.25, 0.3) is 0 Å². The predicted octanol–water partition coefficient (Wildman–Crippen LogP) is -0.699. The molecule has 0 bridgehead atoms. The number of hydrogen-bond acceptors (Lipinski definition) is 6. The van der Waals surface area contributed by atoms with Crippen LogP contribution < -0.4 is 16.1 Å². The Labute approximate surface area is 147 Å². The summed E-state index contributed by atoms with van der Waals surface area (Å²) in [6.07, 6.45) is 0.722. The van der Waals surface area contributed by atoms with Gasteiger partial charge in [0.25, 0.3) is 10.1 Å². The van der Waals surface area contributed by atoms with E-state index >= 15 is 0 Å². The molecule has 2 unspecified atom stereocenters.